The second-order valence-corrected chi connectivity index (χ2v) is 12.5. The highest BCUT2D eigenvalue weighted by molar-refractivity contribution is 5.73. The van der Waals surface area contributed by atoms with Crippen molar-refractivity contribution in [3.8, 4) is 5.75 Å². The molecule has 4 heteroatoms. The van der Waals surface area contributed by atoms with E-state index in [4.69, 9.17) is 4.74 Å². The molecule has 1 unspecified atom stereocenters. The lowest BCUT2D eigenvalue weighted by Crippen LogP contribution is -2.63. The number of fused-ring (bicyclic) bond motifs is 4. The standard InChI is InChI=1S/C20H31N.C12H12O3/c1-14(2)15-6-8-17-16(12-15)7-9-18-19(3,13-21)10-5-11-20(17,18)4;13-12(14)10-6-9(10)7-2-1-3-11-8(7)4-5-15-11/h6,8,12,14,18H,5,7,9-11,13,21H2,1-4H3;1-3,9-10H,4-6H2,(H,13,14)/t18?,19-,20+;9-,10+/m00/s1. The monoisotopic (exact) mass is 489 g/mol. The van der Waals surface area contributed by atoms with Crippen LogP contribution in [0.15, 0.2) is 36.4 Å². The van der Waals surface area contributed by atoms with Crippen LogP contribution in [0.3, 0.4) is 0 Å². The Bertz CT molecular complexity index is 1140. The summed E-state index contributed by atoms with van der Waals surface area (Å²) in [6.45, 7) is 11.4. The molecule has 2 saturated carbocycles. The van der Waals surface area contributed by atoms with E-state index in [1.807, 2.05) is 18.2 Å². The molecule has 2 fully saturated rings. The number of aryl methyl sites for hydroxylation is 1. The third-order valence-corrected chi connectivity index (χ3v) is 10.0. The number of carbonyl (C=O) groups excluding carboxylic acids is 1. The summed E-state index contributed by atoms with van der Waals surface area (Å²) in [6.07, 6.45) is 8.35. The molecule has 0 bridgehead atoms. The number of rotatable bonds is 4. The predicted molar refractivity (Wildman–Crippen MR) is 141 cm³/mol. The van der Waals surface area contributed by atoms with Crippen LogP contribution in [-0.2, 0) is 23.1 Å². The van der Waals surface area contributed by atoms with E-state index in [-0.39, 0.29) is 11.8 Å². The van der Waals surface area contributed by atoms with Crippen LogP contribution < -0.4 is 15.6 Å². The fraction of sp³-hybridized carbons (Fsp3) is 0.594. The van der Waals surface area contributed by atoms with Gasteiger partial charge in [0.15, 0.2) is 0 Å². The van der Waals surface area contributed by atoms with Crippen LogP contribution in [0, 0.1) is 17.3 Å². The summed E-state index contributed by atoms with van der Waals surface area (Å²) < 4.78 is 5.45. The normalized spacial score (nSPS) is 31.9. The van der Waals surface area contributed by atoms with E-state index in [1.54, 1.807) is 11.1 Å². The number of hydrogen-bond acceptors (Lipinski definition) is 3. The molecule has 36 heavy (non-hydrogen) atoms. The van der Waals surface area contributed by atoms with E-state index in [9.17, 15) is 9.90 Å². The molecule has 1 aliphatic heterocycles. The minimum absolute atomic E-state index is 0.159. The number of carbonyl (C=O) groups is 1. The Hall–Kier alpha value is -2.33. The number of carboxylic acid groups (broad SMARTS) is 1. The van der Waals surface area contributed by atoms with Crippen molar-refractivity contribution in [1.82, 2.24) is 0 Å². The van der Waals surface area contributed by atoms with Gasteiger partial charge in [0.1, 0.15) is 5.75 Å². The van der Waals surface area contributed by atoms with Crippen molar-refractivity contribution in [3.63, 3.8) is 0 Å². The van der Waals surface area contributed by atoms with Crippen molar-refractivity contribution in [2.24, 2.45) is 17.3 Å². The summed E-state index contributed by atoms with van der Waals surface area (Å²) in [6, 6.07) is 13.2. The summed E-state index contributed by atoms with van der Waals surface area (Å²) in [5, 5.41) is 10.7. The molecule has 5 atom stereocenters. The van der Waals surface area contributed by atoms with Crippen LogP contribution in [0.5, 0.6) is 5.75 Å². The molecule has 6 rings (SSSR count). The van der Waals surface area contributed by atoms with Crippen LogP contribution in [-0.4, -0.2) is 19.1 Å². The first-order chi connectivity index (χ1) is 17.2. The predicted octanol–water partition coefficient (Wildman–Crippen LogP) is 4.54. The molecular weight excluding hydrogens is 446 g/mol. The van der Waals surface area contributed by atoms with Gasteiger partial charge in [0, 0.05) is 29.3 Å². The molecule has 1 heterocycles. The van der Waals surface area contributed by atoms with Gasteiger partial charge < -0.3 is 20.4 Å². The van der Waals surface area contributed by atoms with Crippen LogP contribution in [0.25, 0.3) is 0 Å². The Morgan fingerprint density at radius 3 is 2.67 bits per heavy atom. The Morgan fingerprint density at radius 1 is 1.17 bits per heavy atom. The number of carboxylic acids is 1. The first kappa shape index (κ1) is 25.3. The summed E-state index contributed by atoms with van der Waals surface area (Å²) in [5.74, 6) is 1.34. The quantitative estimate of drug-likeness (QED) is 0.685. The average Bonchev–Trinajstić information content (AvgIpc) is 3.52. The lowest BCUT2D eigenvalue weighted by Gasteiger charge is -2.54. The van der Waals surface area contributed by atoms with E-state index < -0.39 is 5.97 Å². The van der Waals surface area contributed by atoms with Crippen LogP contribution >= 0.6 is 0 Å². The smallest absolute Gasteiger partial charge is 0.122 e. The zero-order valence-corrected chi connectivity index (χ0v) is 22.6. The Morgan fingerprint density at radius 2 is 1.97 bits per heavy atom. The maximum atomic E-state index is 10.7. The summed E-state index contributed by atoms with van der Waals surface area (Å²) >= 11 is 0. The number of hydrogen-bond donors (Lipinski definition) is 1. The summed E-state index contributed by atoms with van der Waals surface area (Å²) in [7, 11) is 0. The van der Waals surface area contributed by atoms with Crippen molar-refractivity contribution >= 4 is 5.97 Å². The highest BCUT2D eigenvalue weighted by Crippen LogP contribution is 2.57. The lowest BCUT2D eigenvalue weighted by atomic mass is 9.50. The van der Waals surface area contributed by atoms with Gasteiger partial charge in [-0.3, -0.25) is 0 Å². The minimum Gasteiger partial charge on any atom is -0.550 e. The first-order valence-corrected chi connectivity index (χ1v) is 14.1. The van der Waals surface area contributed by atoms with Crippen LogP contribution in [0.4, 0.5) is 0 Å². The molecule has 0 spiro atoms. The maximum absolute atomic E-state index is 10.7. The van der Waals surface area contributed by atoms with Gasteiger partial charge in [-0.2, -0.15) is 0 Å². The number of aliphatic carboxylic acids is 1. The number of quaternary nitrogens is 1. The van der Waals surface area contributed by atoms with Gasteiger partial charge in [-0.15, -0.1) is 0 Å². The largest absolute Gasteiger partial charge is 0.550 e. The molecular formula is C32H43NO3. The first-order valence-electron chi connectivity index (χ1n) is 14.1. The third kappa shape index (κ3) is 4.36. The van der Waals surface area contributed by atoms with E-state index in [0.29, 0.717) is 16.7 Å². The fourth-order valence-electron chi connectivity index (χ4n) is 7.70. The second-order valence-electron chi connectivity index (χ2n) is 12.5. The molecule has 3 N–H and O–H groups in total. The maximum Gasteiger partial charge on any atom is 0.122 e. The molecule has 194 valence electrons. The highest BCUT2D eigenvalue weighted by atomic mass is 16.5. The Labute approximate surface area is 216 Å². The average molecular weight is 490 g/mol. The van der Waals surface area contributed by atoms with Crippen molar-refractivity contribution in [3.05, 3.63) is 64.2 Å². The fourth-order valence-corrected chi connectivity index (χ4v) is 7.70. The minimum atomic E-state index is -0.920. The van der Waals surface area contributed by atoms with Crippen molar-refractivity contribution < 1.29 is 20.4 Å². The lowest BCUT2D eigenvalue weighted by molar-refractivity contribution is -0.399. The van der Waals surface area contributed by atoms with Gasteiger partial charge in [-0.05, 0) is 83.6 Å². The van der Waals surface area contributed by atoms with Gasteiger partial charge in [0.2, 0.25) is 0 Å². The van der Waals surface area contributed by atoms with E-state index in [0.717, 1.165) is 43.2 Å². The molecule has 3 aliphatic carbocycles. The molecule has 2 aromatic carbocycles. The van der Waals surface area contributed by atoms with Crippen molar-refractivity contribution in [2.75, 3.05) is 13.2 Å². The van der Waals surface area contributed by atoms with E-state index >= 15 is 0 Å². The van der Waals surface area contributed by atoms with Crippen LogP contribution in [0.2, 0.25) is 0 Å². The molecule has 0 aromatic heterocycles. The number of ether oxygens (including phenoxy) is 1. The molecule has 0 saturated heterocycles. The Kier molecular flexibility index (Phi) is 6.70. The molecule has 0 amide bonds. The van der Waals surface area contributed by atoms with Crippen molar-refractivity contribution in [1.29, 1.82) is 0 Å². The molecule has 0 radical (unpaired) electrons. The number of benzene rings is 2. The summed E-state index contributed by atoms with van der Waals surface area (Å²) in [5.41, 5.74) is 12.3. The molecule has 4 nitrogen and oxygen atoms in total. The Balaban J connectivity index is 0.000000156. The molecule has 2 aromatic rings. The van der Waals surface area contributed by atoms with Gasteiger partial charge in [-0.25, -0.2) is 0 Å². The zero-order valence-electron chi connectivity index (χ0n) is 22.6. The van der Waals surface area contributed by atoms with Gasteiger partial charge in [0.25, 0.3) is 0 Å². The van der Waals surface area contributed by atoms with E-state index in [1.165, 1.54) is 43.2 Å². The summed E-state index contributed by atoms with van der Waals surface area (Å²) in [4.78, 5) is 10.7. The third-order valence-electron chi connectivity index (χ3n) is 10.0. The highest BCUT2D eigenvalue weighted by Gasteiger charge is 2.52. The topological polar surface area (TPSA) is 77.0 Å². The molecule has 4 aliphatic rings. The van der Waals surface area contributed by atoms with Gasteiger partial charge >= 0.3 is 0 Å². The van der Waals surface area contributed by atoms with Gasteiger partial charge in [0.05, 0.1) is 13.2 Å². The SMILES string of the molecule is CC(C)c1ccc2c(c1)CCC1[C@](C)(C[NH3+])CCC[C@]21C.O=C([O-])[C@@H]1C[C@H]1c1cccc2c1CCO2. The van der Waals surface area contributed by atoms with Crippen LogP contribution in [0.1, 0.15) is 99.5 Å². The zero-order chi connectivity index (χ0) is 25.7. The van der Waals surface area contributed by atoms with Crippen molar-refractivity contribution in [2.45, 2.75) is 89.9 Å². The second kappa shape index (κ2) is 9.52. The van der Waals surface area contributed by atoms with E-state index in [2.05, 4.69) is 51.6 Å². The van der Waals surface area contributed by atoms with Gasteiger partial charge in [-0.1, -0.05) is 64.4 Å².